The van der Waals surface area contributed by atoms with Gasteiger partial charge in [0.2, 0.25) is 0 Å². The molecule has 20 heavy (non-hydrogen) atoms. The van der Waals surface area contributed by atoms with Crippen LogP contribution in [0.2, 0.25) is 0 Å². The molecule has 6 heteroatoms. The standard InChI is InChI=1S/C14H19FN2O.2ClH/c1-3-13(17-9-7-16-8-10-17)11-5-4-6-12(15)14(11)18-2;;/h3-6,13,16H,1,7-10H2,2H3;2*1H/t13-;;/m1../s1. The highest BCUT2D eigenvalue weighted by Gasteiger charge is 2.23. The molecule has 0 spiro atoms. The number of piperazine rings is 1. The van der Waals surface area contributed by atoms with Crippen LogP contribution in [0.3, 0.4) is 0 Å². The third-order valence-corrected chi connectivity index (χ3v) is 3.29. The summed E-state index contributed by atoms with van der Waals surface area (Å²) in [7, 11) is 1.50. The number of para-hydroxylation sites is 1. The van der Waals surface area contributed by atoms with Gasteiger partial charge in [0, 0.05) is 31.7 Å². The van der Waals surface area contributed by atoms with Crippen molar-refractivity contribution < 1.29 is 9.13 Å². The summed E-state index contributed by atoms with van der Waals surface area (Å²) in [4.78, 5) is 2.28. The SMILES string of the molecule is C=C[C@H](c1cccc(F)c1OC)N1CCNCC1.Cl.Cl. The van der Waals surface area contributed by atoms with Gasteiger partial charge in [-0.25, -0.2) is 4.39 Å². The lowest BCUT2D eigenvalue weighted by Crippen LogP contribution is -2.44. The number of benzene rings is 1. The summed E-state index contributed by atoms with van der Waals surface area (Å²) in [5.74, 6) is -0.00193. The first-order valence-corrected chi connectivity index (χ1v) is 6.17. The molecule has 2 rings (SSSR count). The zero-order chi connectivity index (χ0) is 13.0. The van der Waals surface area contributed by atoms with Crippen molar-refractivity contribution in [3.8, 4) is 5.75 Å². The van der Waals surface area contributed by atoms with Crippen LogP contribution in [-0.4, -0.2) is 38.2 Å². The average Bonchev–Trinajstić information content (AvgIpc) is 2.41. The van der Waals surface area contributed by atoms with Crippen LogP contribution in [0, 0.1) is 5.82 Å². The highest BCUT2D eigenvalue weighted by atomic mass is 35.5. The van der Waals surface area contributed by atoms with Crippen LogP contribution in [0.15, 0.2) is 30.9 Å². The van der Waals surface area contributed by atoms with Crippen LogP contribution >= 0.6 is 24.8 Å². The van der Waals surface area contributed by atoms with Gasteiger partial charge in [0.05, 0.1) is 13.2 Å². The largest absolute Gasteiger partial charge is 0.493 e. The minimum Gasteiger partial charge on any atom is -0.493 e. The lowest BCUT2D eigenvalue weighted by atomic mass is 10.0. The number of methoxy groups -OCH3 is 1. The van der Waals surface area contributed by atoms with E-state index in [1.165, 1.54) is 13.2 Å². The van der Waals surface area contributed by atoms with Crippen LogP contribution in [0.4, 0.5) is 4.39 Å². The Morgan fingerprint density at radius 2 is 2.00 bits per heavy atom. The molecule has 1 fully saturated rings. The maximum Gasteiger partial charge on any atom is 0.165 e. The zero-order valence-electron chi connectivity index (χ0n) is 11.5. The van der Waals surface area contributed by atoms with E-state index in [1.54, 1.807) is 6.07 Å². The number of nitrogens with zero attached hydrogens (tertiary/aromatic N) is 1. The van der Waals surface area contributed by atoms with Gasteiger partial charge in [-0.15, -0.1) is 31.4 Å². The first-order valence-electron chi connectivity index (χ1n) is 6.17. The Morgan fingerprint density at radius 1 is 1.35 bits per heavy atom. The molecule has 1 saturated heterocycles. The molecule has 1 heterocycles. The lowest BCUT2D eigenvalue weighted by molar-refractivity contribution is 0.199. The summed E-state index contributed by atoms with van der Waals surface area (Å²) >= 11 is 0. The molecule has 1 N–H and O–H groups in total. The third kappa shape index (κ3) is 4.09. The Bertz CT molecular complexity index is 426. The fraction of sp³-hybridized carbons (Fsp3) is 0.429. The van der Waals surface area contributed by atoms with Crippen LogP contribution in [-0.2, 0) is 0 Å². The quantitative estimate of drug-likeness (QED) is 0.863. The topological polar surface area (TPSA) is 24.5 Å². The predicted octanol–water partition coefficient (Wildman–Crippen LogP) is 2.81. The predicted molar refractivity (Wildman–Crippen MR) is 84.8 cm³/mol. The molecule has 1 aromatic carbocycles. The lowest BCUT2D eigenvalue weighted by Gasteiger charge is -2.34. The van der Waals surface area contributed by atoms with Crippen molar-refractivity contribution in [2.45, 2.75) is 6.04 Å². The molecular formula is C14H21Cl2FN2O. The third-order valence-electron chi connectivity index (χ3n) is 3.29. The van der Waals surface area contributed by atoms with Gasteiger partial charge >= 0.3 is 0 Å². The summed E-state index contributed by atoms with van der Waals surface area (Å²) in [5, 5.41) is 3.30. The number of nitrogens with one attached hydrogen (secondary N) is 1. The Kier molecular flexibility index (Phi) is 8.81. The van der Waals surface area contributed by atoms with Crippen molar-refractivity contribution in [2.24, 2.45) is 0 Å². The molecule has 0 amide bonds. The summed E-state index contributed by atoms with van der Waals surface area (Å²) in [6.45, 7) is 7.62. The van der Waals surface area contributed by atoms with Crippen molar-refractivity contribution in [1.29, 1.82) is 0 Å². The fourth-order valence-corrected chi connectivity index (χ4v) is 2.41. The first kappa shape index (κ1) is 19.2. The monoisotopic (exact) mass is 322 g/mol. The zero-order valence-corrected chi connectivity index (χ0v) is 13.1. The van der Waals surface area contributed by atoms with Gasteiger partial charge in [-0.05, 0) is 6.07 Å². The minimum atomic E-state index is -0.322. The van der Waals surface area contributed by atoms with E-state index >= 15 is 0 Å². The van der Waals surface area contributed by atoms with Crippen molar-refractivity contribution in [1.82, 2.24) is 10.2 Å². The van der Waals surface area contributed by atoms with E-state index in [0.717, 1.165) is 31.7 Å². The molecule has 0 aromatic heterocycles. The number of halogens is 3. The summed E-state index contributed by atoms with van der Waals surface area (Å²) < 4.78 is 18.9. The number of hydrogen-bond acceptors (Lipinski definition) is 3. The van der Waals surface area contributed by atoms with Gasteiger partial charge in [-0.1, -0.05) is 18.2 Å². The van der Waals surface area contributed by atoms with E-state index in [-0.39, 0.29) is 36.7 Å². The maximum atomic E-state index is 13.7. The van der Waals surface area contributed by atoms with E-state index in [1.807, 2.05) is 12.1 Å². The summed E-state index contributed by atoms with van der Waals surface area (Å²) in [5.41, 5.74) is 0.842. The van der Waals surface area contributed by atoms with Crippen LogP contribution in [0.1, 0.15) is 11.6 Å². The van der Waals surface area contributed by atoms with E-state index in [0.29, 0.717) is 5.75 Å². The smallest absolute Gasteiger partial charge is 0.165 e. The molecule has 1 aliphatic heterocycles. The molecular weight excluding hydrogens is 302 g/mol. The van der Waals surface area contributed by atoms with E-state index in [9.17, 15) is 4.39 Å². The van der Waals surface area contributed by atoms with Gasteiger partial charge in [0.15, 0.2) is 11.6 Å². The molecule has 114 valence electrons. The van der Waals surface area contributed by atoms with Gasteiger partial charge in [0.25, 0.3) is 0 Å². The second-order valence-corrected chi connectivity index (χ2v) is 4.33. The van der Waals surface area contributed by atoms with E-state index in [4.69, 9.17) is 4.74 Å². The van der Waals surface area contributed by atoms with Crippen molar-refractivity contribution in [2.75, 3.05) is 33.3 Å². The molecule has 0 bridgehead atoms. The second-order valence-electron chi connectivity index (χ2n) is 4.33. The molecule has 1 atom stereocenters. The molecule has 0 radical (unpaired) electrons. The van der Waals surface area contributed by atoms with Gasteiger partial charge in [0.1, 0.15) is 0 Å². The normalized spacial score (nSPS) is 16.5. The van der Waals surface area contributed by atoms with Gasteiger partial charge in [-0.2, -0.15) is 0 Å². The second kappa shape index (κ2) is 9.19. The number of hydrogen-bond donors (Lipinski definition) is 1. The Hall–Kier alpha value is -0.810. The highest BCUT2D eigenvalue weighted by Crippen LogP contribution is 2.32. The van der Waals surface area contributed by atoms with Crippen LogP contribution in [0.25, 0.3) is 0 Å². The van der Waals surface area contributed by atoms with E-state index < -0.39 is 0 Å². The average molecular weight is 323 g/mol. The number of ether oxygens (including phenoxy) is 1. The molecule has 1 aliphatic rings. The van der Waals surface area contributed by atoms with Crippen molar-refractivity contribution in [3.05, 3.63) is 42.2 Å². The van der Waals surface area contributed by atoms with Crippen molar-refractivity contribution in [3.63, 3.8) is 0 Å². The first-order chi connectivity index (χ1) is 8.77. The van der Waals surface area contributed by atoms with Gasteiger partial charge < -0.3 is 10.1 Å². The minimum absolute atomic E-state index is 0. The van der Waals surface area contributed by atoms with E-state index in [2.05, 4.69) is 16.8 Å². The van der Waals surface area contributed by atoms with Crippen LogP contribution < -0.4 is 10.1 Å². The molecule has 3 nitrogen and oxygen atoms in total. The van der Waals surface area contributed by atoms with Gasteiger partial charge in [-0.3, -0.25) is 4.90 Å². The molecule has 0 saturated carbocycles. The fourth-order valence-electron chi connectivity index (χ4n) is 2.41. The summed E-state index contributed by atoms with van der Waals surface area (Å²) in [6, 6.07) is 5.03. The summed E-state index contributed by atoms with van der Waals surface area (Å²) in [6.07, 6.45) is 1.85. The van der Waals surface area contributed by atoms with Crippen molar-refractivity contribution >= 4 is 24.8 Å². The number of rotatable bonds is 4. The Labute approximate surface area is 132 Å². The highest BCUT2D eigenvalue weighted by molar-refractivity contribution is 5.85. The molecule has 1 aromatic rings. The van der Waals surface area contributed by atoms with Crippen LogP contribution in [0.5, 0.6) is 5.75 Å². The Balaban J connectivity index is 0.00000180. The molecule has 0 aliphatic carbocycles. The maximum absolute atomic E-state index is 13.7. The Morgan fingerprint density at radius 3 is 2.55 bits per heavy atom. The molecule has 0 unspecified atom stereocenters.